The molecule has 0 aliphatic heterocycles. The first-order valence-corrected chi connectivity index (χ1v) is 10.1. The maximum atomic E-state index is 12.4. The number of alkyl carbamates (subject to hydrolysis) is 1. The third-order valence-corrected chi connectivity index (χ3v) is 6.28. The van der Waals surface area contributed by atoms with E-state index in [0.717, 1.165) is 0 Å². The molecule has 2 fully saturated rings. The number of nitrogens with zero attached hydrogens (tertiary/aromatic N) is 2. The summed E-state index contributed by atoms with van der Waals surface area (Å²) in [6, 6.07) is 0. The molecule has 5 atom stereocenters. The Morgan fingerprint density at radius 2 is 2.03 bits per heavy atom. The number of carboxylic acids is 2. The van der Waals surface area contributed by atoms with Gasteiger partial charge in [-0.25, -0.2) is 9.59 Å². The third-order valence-electron chi connectivity index (χ3n) is 5.08. The van der Waals surface area contributed by atoms with Crippen molar-refractivity contribution >= 4 is 35.7 Å². The zero-order valence-electron chi connectivity index (χ0n) is 16.5. The van der Waals surface area contributed by atoms with Crippen LogP contribution in [0.15, 0.2) is 11.5 Å². The molecule has 2 aliphatic rings. The van der Waals surface area contributed by atoms with Gasteiger partial charge in [-0.2, -0.15) is 0 Å². The maximum absolute atomic E-state index is 12.4. The van der Waals surface area contributed by atoms with Crippen LogP contribution in [0, 0.1) is 17.8 Å². The second-order valence-electron chi connectivity index (χ2n) is 8.30. The fourth-order valence-corrected chi connectivity index (χ4v) is 5.38. The second-order valence-corrected chi connectivity index (χ2v) is 9.53. The van der Waals surface area contributed by atoms with Crippen LogP contribution in [0.4, 0.5) is 4.79 Å². The molecule has 1 aromatic heterocycles. The van der Waals surface area contributed by atoms with Gasteiger partial charge in [0, 0.05) is 11.2 Å². The number of fused-ring (bicyclic) bond motifs is 1. The highest BCUT2D eigenvalue weighted by atomic mass is 32.2. The van der Waals surface area contributed by atoms with Crippen molar-refractivity contribution in [3.05, 3.63) is 6.33 Å². The summed E-state index contributed by atoms with van der Waals surface area (Å²) in [5.41, 5.74) is -2.51. The lowest BCUT2D eigenvalue weighted by molar-refractivity contribution is -0.149. The van der Waals surface area contributed by atoms with Crippen LogP contribution in [-0.2, 0) is 19.1 Å². The summed E-state index contributed by atoms with van der Waals surface area (Å²) in [6.07, 6.45) is 0.565. The number of nitrogens with one attached hydrogen (secondary N) is 3. The van der Waals surface area contributed by atoms with Crippen LogP contribution in [-0.4, -0.2) is 72.3 Å². The molecule has 2 saturated carbocycles. The Kier molecular flexibility index (Phi) is 5.67. The lowest BCUT2D eigenvalue weighted by Gasteiger charge is -2.30. The van der Waals surface area contributed by atoms with E-state index in [-0.39, 0.29) is 11.7 Å². The van der Waals surface area contributed by atoms with Crippen LogP contribution < -0.4 is 10.6 Å². The number of thioether (sulfide) groups is 1. The van der Waals surface area contributed by atoms with Crippen molar-refractivity contribution < 1.29 is 34.1 Å². The highest BCUT2D eigenvalue weighted by Gasteiger charge is 2.75. The van der Waals surface area contributed by atoms with E-state index < -0.39 is 59.4 Å². The Labute approximate surface area is 175 Å². The number of amides is 2. The summed E-state index contributed by atoms with van der Waals surface area (Å²) in [6.45, 7) is 4.49. The number of rotatable bonds is 7. The van der Waals surface area contributed by atoms with E-state index in [4.69, 9.17) is 4.74 Å². The summed E-state index contributed by atoms with van der Waals surface area (Å²) in [5.74, 6) is -5.27. The van der Waals surface area contributed by atoms with Crippen LogP contribution in [0.3, 0.4) is 0 Å². The van der Waals surface area contributed by atoms with E-state index in [1.54, 1.807) is 20.8 Å². The van der Waals surface area contributed by atoms with Gasteiger partial charge >= 0.3 is 18.0 Å². The number of H-pyrrole nitrogens is 1. The number of hydrogen-bond donors (Lipinski definition) is 5. The number of aromatic nitrogens is 3. The first kappa shape index (κ1) is 21.9. The van der Waals surface area contributed by atoms with Crippen LogP contribution in [0.5, 0.6) is 0 Å². The van der Waals surface area contributed by atoms with Gasteiger partial charge in [-0.3, -0.25) is 9.59 Å². The Hall–Kier alpha value is -2.83. The molecular formula is C17H23N5O7S. The first-order valence-electron chi connectivity index (χ1n) is 9.21. The lowest BCUT2D eigenvalue weighted by Crippen LogP contribution is -2.58. The minimum atomic E-state index is -1.75. The zero-order chi connectivity index (χ0) is 22.3. The molecule has 12 nitrogen and oxygen atoms in total. The van der Waals surface area contributed by atoms with Crippen molar-refractivity contribution in [2.24, 2.45) is 17.8 Å². The Morgan fingerprint density at radius 3 is 2.57 bits per heavy atom. The van der Waals surface area contributed by atoms with Gasteiger partial charge in [0.05, 0.1) is 5.92 Å². The van der Waals surface area contributed by atoms with Gasteiger partial charge in [-0.05, 0) is 33.1 Å². The molecule has 0 radical (unpaired) electrons. The number of hydrogen-bond acceptors (Lipinski definition) is 8. The maximum Gasteiger partial charge on any atom is 0.408 e. The molecule has 2 amide bonds. The summed E-state index contributed by atoms with van der Waals surface area (Å²) in [4.78, 5) is 50.8. The van der Waals surface area contributed by atoms with Gasteiger partial charge in [-0.1, -0.05) is 11.8 Å². The van der Waals surface area contributed by atoms with E-state index in [9.17, 15) is 29.4 Å². The Balaban J connectivity index is 1.71. The molecule has 1 aromatic rings. The minimum Gasteiger partial charge on any atom is -0.481 e. The second kappa shape index (κ2) is 7.78. The van der Waals surface area contributed by atoms with E-state index in [0.29, 0.717) is 5.16 Å². The first-order chi connectivity index (χ1) is 13.9. The quantitative estimate of drug-likeness (QED) is 0.388. The Morgan fingerprint density at radius 1 is 1.33 bits per heavy atom. The zero-order valence-corrected chi connectivity index (χ0v) is 17.4. The third kappa shape index (κ3) is 4.35. The highest BCUT2D eigenvalue weighted by molar-refractivity contribution is 7.99. The van der Waals surface area contributed by atoms with Crippen molar-refractivity contribution in [1.82, 2.24) is 25.8 Å². The number of carbonyl (C=O) groups excluding carboxylic acids is 2. The van der Waals surface area contributed by atoms with Gasteiger partial charge in [0.2, 0.25) is 5.91 Å². The molecule has 0 bridgehead atoms. The molecule has 30 heavy (non-hydrogen) atoms. The average Bonchev–Trinajstić information content (AvgIpc) is 3.02. The SMILES string of the molecule is CC(C)(C)OC(=O)NCC(=O)N[C@@]1(C(=O)O)C[C@@H](Sc2nnc[nH]2)[C@H]2[C@H](C(=O)O)[C@H]21. The summed E-state index contributed by atoms with van der Waals surface area (Å²) in [5, 5.41) is 31.7. The molecule has 2 aliphatic carbocycles. The summed E-state index contributed by atoms with van der Waals surface area (Å²) in [7, 11) is 0. The van der Waals surface area contributed by atoms with Crippen molar-refractivity contribution in [2.75, 3.05) is 6.54 Å². The van der Waals surface area contributed by atoms with Gasteiger partial charge in [0.25, 0.3) is 0 Å². The molecule has 164 valence electrons. The van der Waals surface area contributed by atoms with E-state index in [2.05, 4.69) is 25.8 Å². The standard InChI is InChI=1S/C17H23N5O7S/c1-16(2,3)29-15(28)18-5-8(23)21-17(13(26)27)4-7(30-14-19-6-20-22-14)9-10(11(9)17)12(24)25/h6-7,9-11H,4-5H2,1-3H3,(H,18,28)(H,21,23)(H,24,25)(H,26,27)(H,19,20,22)/t7-,9+,10+,11+,17+/m1/s1. The molecule has 1 heterocycles. The lowest BCUT2D eigenvalue weighted by atomic mass is 9.90. The molecule has 5 N–H and O–H groups in total. The van der Waals surface area contributed by atoms with Crippen LogP contribution >= 0.6 is 11.8 Å². The van der Waals surface area contributed by atoms with Crippen LogP contribution in [0.1, 0.15) is 27.2 Å². The van der Waals surface area contributed by atoms with Crippen molar-refractivity contribution in [1.29, 1.82) is 0 Å². The fourth-order valence-electron chi connectivity index (χ4n) is 4.03. The molecule has 0 unspecified atom stereocenters. The molecule has 0 saturated heterocycles. The highest BCUT2D eigenvalue weighted by Crippen LogP contribution is 2.65. The van der Waals surface area contributed by atoms with E-state index in [1.807, 2.05) is 0 Å². The number of carbonyl (C=O) groups is 4. The normalized spacial score (nSPS) is 29.6. The van der Waals surface area contributed by atoms with Crippen molar-refractivity contribution in [3.63, 3.8) is 0 Å². The predicted octanol–water partition coefficient (Wildman–Crippen LogP) is 0.0802. The smallest absolute Gasteiger partial charge is 0.408 e. The summed E-state index contributed by atoms with van der Waals surface area (Å²) >= 11 is 1.20. The van der Waals surface area contributed by atoms with E-state index >= 15 is 0 Å². The topological polar surface area (TPSA) is 184 Å². The fraction of sp³-hybridized carbons (Fsp3) is 0.647. The monoisotopic (exact) mass is 441 g/mol. The van der Waals surface area contributed by atoms with Gasteiger partial charge in [-0.15, -0.1) is 10.2 Å². The molecule has 0 spiro atoms. The number of carboxylic acid groups (broad SMARTS) is 2. The van der Waals surface area contributed by atoms with E-state index in [1.165, 1.54) is 18.1 Å². The molecule has 13 heteroatoms. The van der Waals surface area contributed by atoms with Crippen molar-refractivity contribution in [2.45, 2.75) is 48.7 Å². The molecule has 3 rings (SSSR count). The van der Waals surface area contributed by atoms with Crippen LogP contribution in [0.25, 0.3) is 0 Å². The number of ether oxygens (including phenoxy) is 1. The number of aliphatic carboxylic acids is 2. The van der Waals surface area contributed by atoms with Gasteiger partial charge in [0.15, 0.2) is 5.16 Å². The van der Waals surface area contributed by atoms with Gasteiger partial charge in [0.1, 0.15) is 24.0 Å². The van der Waals surface area contributed by atoms with Gasteiger partial charge < -0.3 is 30.6 Å². The molecular weight excluding hydrogens is 418 g/mol. The Bertz CT molecular complexity index is 855. The average molecular weight is 441 g/mol. The van der Waals surface area contributed by atoms with Crippen molar-refractivity contribution in [3.8, 4) is 0 Å². The predicted molar refractivity (Wildman–Crippen MR) is 101 cm³/mol. The largest absolute Gasteiger partial charge is 0.481 e. The minimum absolute atomic E-state index is 0.0188. The van der Waals surface area contributed by atoms with Crippen LogP contribution in [0.2, 0.25) is 0 Å². The molecule has 0 aromatic carbocycles. The number of aromatic amines is 1. The summed E-state index contributed by atoms with van der Waals surface area (Å²) < 4.78 is 5.04.